The number of rotatable bonds is 4. The van der Waals surface area contributed by atoms with Crippen LogP contribution in [-0.4, -0.2) is 57.4 Å². The van der Waals surface area contributed by atoms with Crippen LogP contribution in [0, 0.1) is 17.5 Å². The number of amides is 3. The van der Waals surface area contributed by atoms with Gasteiger partial charge in [0.15, 0.2) is 11.6 Å². The van der Waals surface area contributed by atoms with Gasteiger partial charge in [-0.05, 0) is 49.1 Å². The van der Waals surface area contributed by atoms with Gasteiger partial charge < -0.3 is 15.5 Å². The van der Waals surface area contributed by atoms with Crippen molar-refractivity contribution in [1.29, 1.82) is 0 Å². The zero-order valence-corrected chi connectivity index (χ0v) is 22.4. The molecule has 1 spiro atoms. The van der Waals surface area contributed by atoms with Gasteiger partial charge >= 0.3 is 6.18 Å². The minimum absolute atomic E-state index is 0.0195. The Balaban J connectivity index is 1.28. The first-order valence-corrected chi connectivity index (χ1v) is 13.3. The highest BCUT2D eigenvalue weighted by molar-refractivity contribution is 6.06. The quantitative estimate of drug-likeness (QED) is 0.348. The number of benzene rings is 1. The van der Waals surface area contributed by atoms with E-state index in [-0.39, 0.29) is 24.3 Å². The monoisotopic (exact) mass is 603 g/mol. The summed E-state index contributed by atoms with van der Waals surface area (Å²) in [5, 5.41) is 5.17. The SMILES string of the molecule is CC1C(c2cc(F)cc(F)c2F)CC(NC(=O)c2cnc3c(c2)CC2(C3)C(=O)Nc3ncccc32)C(=O)N1CC(F)(F)F. The van der Waals surface area contributed by atoms with Gasteiger partial charge in [0.25, 0.3) is 5.91 Å². The maximum absolute atomic E-state index is 14.7. The Hall–Kier alpha value is -4.49. The molecule has 1 aromatic carbocycles. The zero-order chi connectivity index (χ0) is 30.8. The van der Waals surface area contributed by atoms with E-state index in [1.165, 1.54) is 19.2 Å². The molecule has 2 aliphatic heterocycles. The Morgan fingerprint density at radius 2 is 1.91 bits per heavy atom. The summed E-state index contributed by atoms with van der Waals surface area (Å²) in [6.07, 6.45) is -2.00. The maximum atomic E-state index is 14.7. The average molecular weight is 604 g/mol. The number of anilines is 1. The van der Waals surface area contributed by atoms with Crippen molar-refractivity contribution in [2.75, 3.05) is 11.9 Å². The molecule has 43 heavy (non-hydrogen) atoms. The molecule has 3 amide bonds. The lowest BCUT2D eigenvalue weighted by Gasteiger charge is -2.43. The summed E-state index contributed by atoms with van der Waals surface area (Å²) in [6.45, 7) is -0.488. The number of piperidine rings is 1. The van der Waals surface area contributed by atoms with Crippen molar-refractivity contribution in [2.24, 2.45) is 0 Å². The average Bonchev–Trinajstić information content (AvgIpc) is 3.46. The molecule has 0 saturated carbocycles. The highest BCUT2D eigenvalue weighted by atomic mass is 19.4. The molecule has 8 nitrogen and oxygen atoms in total. The fourth-order valence-corrected chi connectivity index (χ4v) is 6.42. The van der Waals surface area contributed by atoms with Crippen molar-refractivity contribution in [1.82, 2.24) is 20.2 Å². The Bertz CT molecular complexity index is 1680. The van der Waals surface area contributed by atoms with Crippen LogP contribution < -0.4 is 10.6 Å². The summed E-state index contributed by atoms with van der Waals surface area (Å²) in [5.74, 6) is -7.14. The minimum Gasteiger partial charge on any atom is -0.340 e. The molecule has 4 unspecified atom stereocenters. The van der Waals surface area contributed by atoms with Crippen LogP contribution in [0.2, 0.25) is 0 Å². The second-order valence-electron chi connectivity index (χ2n) is 11.1. The van der Waals surface area contributed by atoms with Gasteiger partial charge in [-0.2, -0.15) is 13.2 Å². The van der Waals surface area contributed by atoms with E-state index in [4.69, 9.17) is 0 Å². The van der Waals surface area contributed by atoms with Gasteiger partial charge in [0.2, 0.25) is 11.8 Å². The van der Waals surface area contributed by atoms with Crippen molar-refractivity contribution in [2.45, 2.75) is 55.8 Å². The summed E-state index contributed by atoms with van der Waals surface area (Å²) in [6, 6.07) is 3.10. The van der Waals surface area contributed by atoms with E-state index in [0.29, 0.717) is 39.7 Å². The molecule has 1 saturated heterocycles. The first kappa shape index (κ1) is 28.6. The largest absolute Gasteiger partial charge is 0.406 e. The molecule has 2 N–H and O–H groups in total. The maximum Gasteiger partial charge on any atom is 0.406 e. The topological polar surface area (TPSA) is 104 Å². The van der Waals surface area contributed by atoms with Crippen LogP contribution in [-0.2, 0) is 27.8 Å². The summed E-state index contributed by atoms with van der Waals surface area (Å²) < 4.78 is 83.1. The Morgan fingerprint density at radius 3 is 2.65 bits per heavy atom. The van der Waals surface area contributed by atoms with Crippen molar-refractivity contribution in [3.63, 3.8) is 0 Å². The Labute approximate surface area is 240 Å². The summed E-state index contributed by atoms with van der Waals surface area (Å²) in [5.41, 5.74) is 0.344. The fraction of sp³-hybridized carbons (Fsp3) is 0.345. The predicted molar refractivity (Wildman–Crippen MR) is 138 cm³/mol. The molecule has 14 heteroatoms. The summed E-state index contributed by atoms with van der Waals surface area (Å²) in [7, 11) is 0. The molecule has 0 bridgehead atoms. The van der Waals surface area contributed by atoms with Crippen molar-refractivity contribution < 1.29 is 40.7 Å². The molecule has 3 aliphatic rings. The van der Waals surface area contributed by atoms with Crippen LogP contribution in [0.25, 0.3) is 0 Å². The first-order valence-electron chi connectivity index (χ1n) is 13.3. The smallest absolute Gasteiger partial charge is 0.340 e. The molecule has 2 aromatic heterocycles. The van der Waals surface area contributed by atoms with E-state index in [0.717, 1.165) is 0 Å². The van der Waals surface area contributed by atoms with E-state index in [1.807, 2.05) is 0 Å². The Morgan fingerprint density at radius 1 is 1.14 bits per heavy atom. The highest BCUT2D eigenvalue weighted by Gasteiger charge is 2.52. The number of pyridine rings is 2. The fourth-order valence-electron chi connectivity index (χ4n) is 6.42. The third-order valence-electron chi connectivity index (χ3n) is 8.49. The number of alkyl halides is 3. The number of nitrogens with zero attached hydrogens (tertiary/aromatic N) is 3. The van der Waals surface area contributed by atoms with Gasteiger partial charge in [0.1, 0.15) is 24.2 Å². The zero-order valence-electron chi connectivity index (χ0n) is 22.4. The molecular formula is C29H23F6N5O3. The van der Waals surface area contributed by atoms with Crippen LogP contribution in [0.3, 0.4) is 0 Å². The predicted octanol–water partition coefficient (Wildman–Crippen LogP) is 3.95. The van der Waals surface area contributed by atoms with Crippen LogP contribution >= 0.6 is 0 Å². The number of carbonyl (C=O) groups is 3. The molecule has 1 aliphatic carbocycles. The third-order valence-corrected chi connectivity index (χ3v) is 8.49. The second-order valence-corrected chi connectivity index (χ2v) is 11.1. The number of likely N-dealkylation sites (tertiary alicyclic amines) is 1. The standard InChI is InChI=1S/C29H23F6N5O3/c1-13-17(18-6-16(30)7-20(31)23(18)32)8-21(26(42)40(13)12-29(33,34)35)38-25(41)15-5-14-9-28(10-22(14)37-11-15)19-3-2-4-36-24(19)39-27(28)43/h2-7,11,13,17,21H,8-10,12H2,1H3,(H,38,41)(H,36,39,43). The molecule has 6 rings (SSSR count). The van der Waals surface area contributed by atoms with Crippen LogP contribution in [0.1, 0.15) is 52.0 Å². The normalized spacial score (nSPS) is 24.6. The van der Waals surface area contributed by atoms with E-state index >= 15 is 0 Å². The summed E-state index contributed by atoms with van der Waals surface area (Å²) in [4.78, 5) is 48.4. The lowest BCUT2D eigenvalue weighted by Crippen LogP contribution is -2.59. The number of fused-ring (bicyclic) bond motifs is 3. The highest BCUT2D eigenvalue weighted by Crippen LogP contribution is 2.46. The molecule has 0 radical (unpaired) electrons. The van der Waals surface area contributed by atoms with E-state index in [2.05, 4.69) is 20.6 Å². The van der Waals surface area contributed by atoms with Gasteiger partial charge in [-0.1, -0.05) is 6.07 Å². The first-order chi connectivity index (χ1) is 20.3. The number of aromatic nitrogens is 2. The molecule has 224 valence electrons. The van der Waals surface area contributed by atoms with Crippen LogP contribution in [0.15, 0.2) is 42.7 Å². The third kappa shape index (κ3) is 4.87. The van der Waals surface area contributed by atoms with E-state index in [1.54, 1.807) is 18.3 Å². The van der Waals surface area contributed by atoms with Crippen molar-refractivity contribution in [3.05, 3.63) is 88.1 Å². The molecule has 4 atom stereocenters. The number of hydrogen-bond donors (Lipinski definition) is 2. The van der Waals surface area contributed by atoms with Gasteiger partial charge in [0.05, 0.1) is 11.0 Å². The van der Waals surface area contributed by atoms with Gasteiger partial charge in [-0.25, -0.2) is 18.2 Å². The Kier molecular flexibility index (Phi) is 6.69. The number of nitrogens with one attached hydrogen (secondary N) is 2. The lowest BCUT2D eigenvalue weighted by molar-refractivity contribution is -0.170. The molecule has 3 aromatic rings. The van der Waals surface area contributed by atoms with Crippen LogP contribution in [0.5, 0.6) is 0 Å². The van der Waals surface area contributed by atoms with Gasteiger partial charge in [-0.3, -0.25) is 19.4 Å². The molecular weight excluding hydrogens is 580 g/mol. The van der Waals surface area contributed by atoms with Crippen molar-refractivity contribution in [3.8, 4) is 0 Å². The lowest BCUT2D eigenvalue weighted by atomic mass is 9.80. The number of halogens is 6. The van der Waals surface area contributed by atoms with Crippen LogP contribution in [0.4, 0.5) is 32.2 Å². The number of carbonyl (C=O) groups excluding carboxylic acids is 3. The van der Waals surface area contributed by atoms with Gasteiger partial charge in [-0.15, -0.1) is 0 Å². The van der Waals surface area contributed by atoms with E-state index < -0.39 is 77.4 Å². The summed E-state index contributed by atoms with van der Waals surface area (Å²) >= 11 is 0. The van der Waals surface area contributed by atoms with E-state index in [9.17, 15) is 40.7 Å². The molecule has 4 heterocycles. The van der Waals surface area contributed by atoms with Crippen molar-refractivity contribution >= 4 is 23.5 Å². The minimum atomic E-state index is -4.84. The van der Waals surface area contributed by atoms with Gasteiger partial charge in [0, 0.05) is 48.1 Å². The number of hydrogen-bond acceptors (Lipinski definition) is 5. The molecule has 1 fully saturated rings. The second kappa shape index (κ2) is 10.1.